The van der Waals surface area contributed by atoms with Gasteiger partial charge in [0.2, 0.25) is 0 Å². The van der Waals surface area contributed by atoms with Crippen LogP contribution in [-0.4, -0.2) is 30.6 Å². The minimum Gasteiger partial charge on any atom is -0.381 e. The monoisotopic (exact) mass is 334 g/mol. The van der Waals surface area contributed by atoms with Gasteiger partial charge >= 0.3 is 0 Å². The Labute approximate surface area is 138 Å². The highest BCUT2D eigenvalue weighted by molar-refractivity contribution is 7.13. The lowest BCUT2D eigenvalue weighted by molar-refractivity contribution is 0.0948. The van der Waals surface area contributed by atoms with Crippen molar-refractivity contribution < 1.29 is 13.9 Å². The Morgan fingerprint density at radius 3 is 2.91 bits per heavy atom. The third-order valence-electron chi connectivity index (χ3n) is 3.89. The molecule has 4 nitrogen and oxygen atoms in total. The number of carbonyl (C=O) groups excluding carboxylic acids is 1. The number of hydrogen-bond acceptors (Lipinski definition) is 4. The van der Waals surface area contributed by atoms with Crippen molar-refractivity contribution >= 4 is 17.2 Å². The Kier molecular flexibility index (Phi) is 5.03. The molecule has 1 aliphatic heterocycles. The van der Waals surface area contributed by atoms with E-state index in [1.807, 2.05) is 6.92 Å². The minimum absolute atomic E-state index is 0.0720. The summed E-state index contributed by atoms with van der Waals surface area (Å²) in [6.45, 7) is 3.99. The molecule has 3 rings (SSSR count). The average molecular weight is 334 g/mol. The van der Waals surface area contributed by atoms with Crippen LogP contribution < -0.4 is 5.32 Å². The number of amides is 1. The van der Waals surface area contributed by atoms with Crippen LogP contribution in [0.1, 0.15) is 32.4 Å². The number of aryl methyl sites for hydroxylation is 1. The topological polar surface area (TPSA) is 51.2 Å². The highest BCUT2D eigenvalue weighted by atomic mass is 32.1. The Hall–Kier alpha value is -1.79. The lowest BCUT2D eigenvalue weighted by Crippen LogP contribution is -2.29. The van der Waals surface area contributed by atoms with Gasteiger partial charge in [0.25, 0.3) is 5.91 Å². The van der Waals surface area contributed by atoms with Gasteiger partial charge in [-0.2, -0.15) is 0 Å². The Morgan fingerprint density at radius 2 is 2.22 bits per heavy atom. The molecule has 122 valence electrons. The van der Waals surface area contributed by atoms with Crippen LogP contribution in [0, 0.1) is 18.7 Å². The molecule has 1 aromatic carbocycles. The zero-order valence-electron chi connectivity index (χ0n) is 13.0. The standard InChI is InChI=1S/C17H19FN2O2S/c1-11-16(17(21)19-9-13-6-7-22-10-13)23-15(20-11)8-12-2-4-14(18)5-3-12/h2-5,13H,6-10H2,1H3,(H,19,21)/t13-/m0/s1. The first-order valence-electron chi connectivity index (χ1n) is 7.68. The molecular weight excluding hydrogens is 315 g/mol. The summed E-state index contributed by atoms with van der Waals surface area (Å²) in [5.74, 6) is 0.0862. The molecule has 1 amide bonds. The number of thiazole rings is 1. The van der Waals surface area contributed by atoms with Crippen LogP contribution >= 0.6 is 11.3 Å². The van der Waals surface area contributed by atoms with Gasteiger partial charge in [0.1, 0.15) is 10.7 Å². The van der Waals surface area contributed by atoms with Gasteiger partial charge in [0, 0.05) is 25.5 Å². The highest BCUT2D eigenvalue weighted by Gasteiger charge is 2.19. The van der Waals surface area contributed by atoms with Crippen LogP contribution in [0.4, 0.5) is 4.39 Å². The second-order valence-electron chi connectivity index (χ2n) is 5.77. The zero-order valence-corrected chi connectivity index (χ0v) is 13.8. The summed E-state index contributed by atoms with van der Waals surface area (Å²) in [5.41, 5.74) is 1.72. The van der Waals surface area contributed by atoms with E-state index in [0.717, 1.165) is 35.9 Å². The average Bonchev–Trinajstić information content (AvgIpc) is 3.17. The smallest absolute Gasteiger partial charge is 0.263 e. The maximum atomic E-state index is 12.9. The van der Waals surface area contributed by atoms with Crippen molar-refractivity contribution in [3.8, 4) is 0 Å². The number of carbonyl (C=O) groups is 1. The van der Waals surface area contributed by atoms with E-state index in [9.17, 15) is 9.18 Å². The molecule has 1 aromatic heterocycles. The number of rotatable bonds is 5. The van der Waals surface area contributed by atoms with Crippen LogP contribution in [0.3, 0.4) is 0 Å². The molecule has 2 aromatic rings. The molecule has 1 fully saturated rings. The predicted octanol–water partition coefficient (Wildman–Crippen LogP) is 2.95. The van der Waals surface area contributed by atoms with Crippen molar-refractivity contribution in [2.45, 2.75) is 19.8 Å². The predicted molar refractivity (Wildman–Crippen MR) is 87.3 cm³/mol. The fourth-order valence-electron chi connectivity index (χ4n) is 2.58. The van der Waals surface area contributed by atoms with Gasteiger partial charge in [-0.3, -0.25) is 4.79 Å². The van der Waals surface area contributed by atoms with Crippen molar-refractivity contribution in [2.75, 3.05) is 19.8 Å². The first-order valence-corrected chi connectivity index (χ1v) is 8.50. The van der Waals surface area contributed by atoms with E-state index < -0.39 is 0 Å². The van der Waals surface area contributed by atoms with Crippen molar-refractivity contribution in [1.82, 2.24) is 10.3 Å². The molecule has 1 atom stereocenters. The number of nitrogens with one attached hydrogen (secondary N) is 1. The number of aromatic nitrogens is 1. The molecule has 1 saturated heterocycles. The lowest BCUT2D eigenvalue weighted by Gasteiger charge is -2.08. The van der Waals surface area contributed by atoms with Gasteiger partial charge in [-0.15, -0.1) is 11.3 Å². The van der Waals surface area contributed by atoms with Gasteiger partial charge in [-0.25, -0.2) is 9.37 Å². The van der Waals surface area contributed by atoms with E-state index in [1.54, 1.807) is 12.1 Å². The van der Waals surface area contributed by atoms with Gasteiger partial charge in [-0.1, -0.05) is 12.1 Å². The molecule has 0 bridgehead atoms. The highest BCUT2D eigenvalue weighted by Crippen LogP contribution is 2.21. The van der Waals surface area contributed by atoms with E-state index in [1.165, 1.54) is 23.5 Å². The molecule has 0 radical (unpaired) electrons. The normalized spacial score (nSPS) is 17.4. The van der Waals surface area contributed by atoms with Crippen molar-refractivity contribution in [2.24, 2.45) is 5.92 Å². The van der Waals surface area contributed by atoms with Crippen molar-refractivity contribution in [1.29, 1.82) is 0 Å². The molecule has 0 unspecified atom stereocenters. The van der Waals surface area contributed by atoms with Crippen molar-refractivity contribution in [3.63, 3.8) is 0 Å². The van der Waals surface area contributed by atoms with Gasteiger partial charge in [-0.05, 0) is 31.0 Å². The Morgan fingerprint density at radius 1 is 1.43 bits per heavy atom. The maximum Gasteiger partial charge on any atom is 0.263 e. The minimum atomic E-state index is -0.250. The lowest BCUT2D eigenvalue weighted by atomic mass is 10.1. The van der Waals surface area contributed by atoms with Gasteiger partial charge < -0.3 is 10.1 Å². The largest absolute Gasteiger partial charge is 0.381 e. The SMILES string of the molecule is Cc1nc(Cc2ccc(F)cc2)sc1C(=O)NC[C@@H]1CCOC1. The number of halogens is 1. The molecule has 1 aliphatic rings. The maximum absolute atomic E-state index is 12.9. The quantitative estimate of drug-likeness (QED) is 0.915. The molecular formula is C17H19FN2O2S. The first kappa shape index (κ1) is 16.1. The third kappa shape index (κ3) is 4.14. The third-order valence-corrected chi connectivity index (χ3v) is 5.05. The van der Waals surface area contributed by atoms with E-state index in [2.05, 4.69) is 10.3 Å². The summed E-state index contributed by atoms with van der Waals surface area (Å²) >= 11 is 1.40. The zero-order chi connectivity index (χ0) is 16.2. The molecule has 0 saturated carbocycles. The van der Waals surface area contributed by atoms with Crippen LogP contribution in [0.2, 0.25) is 0 Å². The molecule has 2 heterocycles. The van der Waals surface area contributed by atoms with Crippen molar-refractivity contribution in [3.05, 3.63) is 51.2 Å². The molecule has 23 heavy (non-hydrogen) atoms. The van der Waals surface area contributed by atoms with E-state index in [-0.39, 0.29) is 11.7 Å². The van der Waals surface area contributed by atoms with E-state index >= 15 is 0 Å². The first-order chi connectivity index (χ1) is 11.1. The summed E-state index contributed by atoms with van der Waals surface area (Å²) in [5, 5.41) is 3.83. The Balaban J connectivity index is 1.62. The number of nitrogens with zero attached hydrogens (tertiary/aromatic N) is 1. The van der Waals surface area contributed by atoms with E-state index in [4.69, 9.17) is 4.74 Å². The van der Waals surface area contributed by atoms with Gasteiger partial charge in [0.15, 0.2) is 0 Å². The molecule has 6 heteroatoms. The summed E-state index contributed by atoms with van der Waals surface area (Å²) in [6, 6.07) is 6.36. The molecule has 0 aliphatic carbocycles. The fourth-order valence-corrected chi connectivity index (χ4v) is 3.59. The van der Waals surface area contributed by atoms with Crippen LogP contribution in [-0.2, 0) is 11.2 Å². The van der Waals surface area contributed by atoms with Crippen LogP contribution in [0.5, 0.6) is 0 Å². The number of ether oxygens (including phenoxy) is 1. The van der Waals surface area contributed by atoms with Gasteiger partial charge in [0.05, 0.1) is 17.3 Å². The molecule has 0 spiro atoms. The number of benzene rings is 1. The Bertz CT molecular complexity index is 678. The summed E-state index contributed by atoms with van der Waals surface area (Å²) < 4.78 is 18.2. The summed E-state index contributed by atoms with van der Waals surface area (Å²) in [6.07, 6.45) is 1.60. The number of hydrogen-bond donors (Lipinski definition) is 1. The summed E-state index contributed by atoms with van der Waals surface area (Å²) in [4.78, 5) is 17.4. The van der Waals surface area contributed by atoms with E-state index in [0.29, 0.717) is 23.8 Å². The second kappa shape index (κ2) is 7.19. The summed E-state index contributed by atoms with van der Waals surface area (Å²) in [7, 11) is 0. The second-order valence-corrected chi connectivity index (χ2v) is 6.85. The fraction of sp³-hybridized carbons (Fsp3) is 0.412. The van der Waals surface area contributed by atoms with Crippen LogP contribution in [0.25, 0.3) is 0 Å². The van der Waals surface area contributed by atoms with Crippen LogP contribution in [0.15, 0.2) is 24.3 Å². The molecule has 1 N–H and O–H groups in total.